The van der Waals surface area contributed by atoms with Crippen molar-refractivity contribution in [3.8, 4) is 0 Å². The Kier molecular flexibility index (Phi) is 2.65. The zero-order valence-corrected chi connectivity index (χ0v) is 9.00. The lowest BCUT2D eigenvalue weighted by Gasteiger charge is -2.19. The fraction of sp³-hybridized carbons (Fsp3) is 0.500. The minimum absolute atomic E-state index is 0.0857. The Labute approximate surface area is 88.2 Å². The Bertz CT molecular complexity index is 458. The molecule has 0 aliphatic carbocycles. The quantitative estimate of drug-likeness (QED) is 0.717. The van der Waals surface area contributed by atoms with Crippen LogP contribution in [-0.4, -0.2) is 26.2 Å². The first-order valence-electron chi connectivity index (χ1n) is 4.86. The van der Waals surface area contributed by atoms with Gasteiger partial charge in [-0.2, -0.15) is 0 Å². The molecule has 0 aromatic carbocycles. The van der Waals surface area contributed by atoms with E-state index in [2.05, 4.69) is 0 Å². The molecular formula is C10H12O4S. The highest BCUT2D eigenvalue weighted by Gasteiger charge is 2.27. The van der Waals surface area contributed by atoms with Crippen molar-refractivity contribution >= 4 is 16.1 Å². The summed E-state index contributed by atoms with van der Waals surface area (Å²) in [6, 6.07) is 3.26. The van der Waals surface area contributed by atoms with E-state index in [1.54, 1.807) is 12.1 Å². The molecular weight excluding hydrogens is 216 g/mol. The van der Waals surface area contributed by atoms with Crippen LogP contribution in [0.15, 0.2) is 16.5 Å². The number of hydrogen-bond donors (Lipinski definition) is 0. The maximum atomic E-state index is 11.4. The van der Waals surface area contributed by atoms with Gasteiger partial charge in [0.2, 0.25) is 0 Å². The highest BCUT2D eigenvalue weighted by Crippen LogP contribution is 2.29. The van der Waals surface area contributed by atoms with Crippen molar-refractivity contribution in [1.82, 2.24) is 0 Å². The molecule has 1 fully saturated rings. The van der Waals surface area contributed by atoms with Gasteiger partial charge < -0.3 is 4.42 Å². The summed E-state index contributed by atoms with van der Waals surface area (Å²) in [6.45, 7) is 0. The van der Waals surface area contributed by atoms with E-state index in [-0.39, 0.29) is 23.2 Å². The van der Waals surface area contributed by atoms with E-state index in [1.807, 2.05) is 0 Å². The van der Waals surface area contributed by atoms with Crippen LogP contribution in [0, 0.1) is 0 Å². The fourth-order valence-electron chi connectivity index (χ4n) is 1.90. The van der Waals surface area contributed by atoms with E-state index >= 15 is 0 Å². The third-order valence-electron chi connectivity index (χ3n) is 2.63. The van der Waals surface area contributed by atoms with Crippen LogP contribution < -0.4 is 0 Å². The molecule has 1 atom stereocenters. The lowest BCUT2D eigenvalue weighted by Crippen LogP contribution is -2.23. The normalized spacial score (nSPS) is 24.9. The van der Waals surface area contributed by atoms with Gasteiger partial charge >= 0.3 is 0 Å². The molecule has 0 N–H and O–H groups in total. The highest BCUT2D eigenvalue weighted by molar-refractivity contribution is 7.91. The van der Waals surface area contributed by atoms with Gasteiger partial charge in [0.1, 0.15) is 5.76 Å². The number of rotatable bonds is 2. The number of carbonyl (C=O) groups excluding carboxylic acids is 1. The van der Waals surface area contributed by atoms with E-state index in [4.69, 9.17) is 4.42 Å². The largest absolute Gasteiger partial charge is 0.458 e. The predicted octanol–water partition coefficient (Wildman–Crippen LogP) is 1.38. The Morgan fingerprint density at radius 1 is 1.40 bits per heavy atom. The second-order valence-corrected chi connectivity index (χ2v) is 6.04. The molecule has 1 aliphatic heterocycles. The van der Waals surface area contributed by atoms with Gasteiger partial charge in [-0.3, -0.25) is 4.79 Å². The third-order valence-corrected chi connectivity index (χ3v) is 4.45. The van der Waals surface area contributed by atoms with Crippen LogP contribution in [-0.2, 0) is 9.84 Å². The summed E-state index contributed by atoms with van der Waals surface area (Å²) in [5.74, 6) is 1.19. The third kappa shape index (κ3) is 2.28. The molecule has 0 amide bonds. The van der Waals surface area contributed by atoms with E-state index in [1.165, 1.54) is 0 Å². The number of carbonyl (C=O) groups is 1. The Morgan fingerprint density at radius 3 is 2.80 bits per heavy atom. The van der Waals surface area contributed by atoms with Crippen molar-refractivity contribution in [2.45, 2.75) is 18.8 Å². The standard InChI is InChI=1S/C10H12O4S/c11-6-9-3-4-10(14-9)8-2-1-5-15(12,13)7-8/h3-4,6,8H,1-2,5,7H2. The summed E-state index contributed by atoms with van der Waals surface area (Å²) in [5.41, 5.74) is 0. The molecule has 82 valence electrons. The molecule has 2 rings (SSSR count). The van der Waals surface area contributed by atoms with Crippen LogP contribution in [0.25, 0.3) is 0 Å². The molecule has 15 heavy (non-hydrogen) atoms. The molecule has 1 saturated heterocycles. The van der Waals surface area contributed by atoms with Gasteiger partial charge in [-0.15, -0.1) is 0 Å². The Balaban J connectivity index is 2.20. The summed E-state index contributed by atoms with van der Waals surface area (Å²) < 4.78 is 28.0. The van der Waals surface area contributed by atoms with Crippen molar-refractivity contribution in [3.05, 3.63) is 23.7 Å². The first-order valence-corrected chi connectivity index (χ1v) is 6.68. The van der Waals surface area contributed by atoms with Crippen molar-refractivity contribution in [2.24, 2.45) is 0 Å². The van der Waals surface area contributed by atoms with Crippen LogP contribution in [0.4, 0.5) is 0 Å². The van der Waals surface area contributed by atoms with Gasteiger partial charge in [0.25, 0.3) is 0 Å². The number of furan rings is 1. The van der Waals surface area contributed by atoms with Gasteiger partial charge in [-0.25, -0.2) is 8.42 Å². The lowest BCUT2D eigenvalue weighted by atomic mass is 10.0. The van der Waals surface area contributed by atoms with Crippen molar-refractivity contribution in [2.75, 3.05) is 11.5 Å². The second-order valence-electron chi connectivity index (χ2n) is 3.81. The molecule has 1 aromatic heterocycles. The fourth-order valence-corrected chi connectivity index (χ4v) is 3.62. The molecule has 1 aromatic rings. The second kappa shape index (κ2) is 3.81. The molecule has 0 radical (unpaired) electrons. The van der Waals surface area contributed by atoms with Crippen molar-refractivity contribution in [1.29, 1.82) is 0 Å². The minimum Gasteiger partial charge on any atom is -0.458 e. The molecule has 1 aliphatic rings. The molecule has 0 saturated carbocycles. The molecule has 0 spiro atoms. The average Bonchev–Trinajstić information content (AvgIpc) is 2.64. The zero-order valence-electron chi connectivity index (χ0n) is 8.18. The van der Waals surface area contributed by atoms with Crippen molar-refractivity contribution < 1.29 is 17.6 Å². The van der Waals surface area contributed by atoms with E-state index in [0.29, 0.717) is 18.5 Å². The average molecular weight is 228 g/mol. The zero-order chi connectivity index (χ0) is 10.9. The number of sulfone groups is 1. The maximum Gasteiger partial charge on any atom is 0.185 e. The first-order chi connectivity index (χ1) is 7.11. The number of aldehydes is 1. The van der Waals surface area contributed by atoms with E-state index in [0.717, 1.165) is 6.42 Å². The van der Waals surface area contributed by atoms with Gasteiger partial charge in [0, 0.05) is 5.92 Å². The summed E-state index contributed by atoms with van der Waals surface area (Å²) in [4.78, 5) is 10.4. The maximum absolute atomic E-state index is 11.4. The van der Waals surface area contributed by atoms with Crippen LogP contribution >= 0.6 is 0 Å². The molecule has 5 heteroatoms. The van der Waals surface area contributed by atoms with Crippen LogP contribution in [0.1, 0.15) is 35.1 Å². The van der Waals surface area contributed by atoms with Gasteiger partial charge in [-0.1, -0.05) is 0 Å². The van der Waals surface area contributed by atoms with Crippen molar-refractivity contribution in [3.63, 3.8) is 0 Å². The van der Waals surface area contributed by atoms with Gasteiger partial charge in [0.15, 0.2) is 21.9 Å². The van der Waals surface area contributed by atoms with E-state index in [9.17, 15) is 13.2 Å². The predicted molar refractivity (Wildman–Crippen MR) is 54.7 cm³/mol. The summed E-state index contributed by atoms with van der Waals surface area (Å²) >= 11 is 0. The molecule has 1 unspecified atom stereocenters. The van der Waals surface area contributed by atoms with Crippen LogP contribution in [0.2, 0.25) is 0 Å². The smallest absolute Gasteiger partial charge is 0.185 e. The topological polar surface area (TPSA) is 64.3 Å². The highest BCUT2D eigenvalue weighted by atomic mass is 32.2. The first kappa shape index (κ1) is 10.4. The van der Waals surface area contributed by atoms with E-state index < -0.39 is 9.84 Å². The summed E-state index contributed by atoms with van der Waals surface area (Å²) in [5, 5.41) is 0. The lowest BCUT2D eigenvalue weighted by molar-refractivity contribution is 0.109. The molecule has 0 bridgehead atoms. The van der Waals surface area contributed by atoms with Crippen LogP contribution in [0.5, 0.6) is 0 Å². The van der Waals surface area contributed by atoms with Crippen LogP contribution in [0.3, 0.4) is 0 Å². The molecule has 4 nitrogen and oxygen atoms in total. The molecule has 2 heterocycles. The summed E-state index contributed by atoms with van der Waals surface area (Å²) in [6.07, 6.45) is 2.11. The minimum atomic E-state index is -2.93. The SMILES string of the molecule is O=Cc1ccc(C2CCCS(=O)(=O)C2)o1. The Morgan fingerprint density at radius 2 is 2.20 bits per heavy atom. The Hall–Kier alpha value is -1.10. The summed E-state index contributed by atoms with van der Waals surface area (Å²) in [7, 11) is -2.93. The number of hydrogen-bond acceptors (Lipinski definition) is 4. The van der Waals surface area contributed by atoms with Gasteiger partial charge in [0.05, 0.1) is 11.5 Å². The monoisotopic (exact) mass is 228 g/mol. The van der Waals surface area contributed by atoms with Gasteiger partial charge in [-0.05, 0) is 25.0 Å².